The molecule has 0 atom stereocenters. The van der Waals surface area contributed by atoms with Gasteiger partial charge in [-0.1, -0.05) is 0 Å². The van der Waals surface area contributed by atoms with Crippen LogP contribution in [0, 0.1) is 0 Å². The zero-order valence-corrected chi connectivity index (χ0v) is 15.8. The fourth-order valence-electron chi connectivity index (χ4n) is 2.82. The number of nitrogens with one attached hydrogen (secondary N) is 1. The van der Waals surface area contributed by atoms with Crippen molar-refractivity contribution in [2.45, 2.75) is 26.7 Å². The van der Waals surface area contributed by atoms with Crippen molar-refractivity contribution >= 4 is 11.9 Å². The van der Waals surface area contributed by atoms with Gasteiger partial charge in [0.2, 0.25) is 0 Å². The van der Waals surface area contributed by atoms with E-state index >= 15 is 0 Å². The van der Waals surface area contributed by atoms with E-state index in [1.54, 1.807) is 37.0 Å². The van der Waals surface area contributed by atoms with Crippen molar-refractivity contribution in [3.63, 3.8) is 0 Å². The highest BCUT2D eigenvalue weighted by molar-refractivity contribution is 5.76. The van der Waals surface area contributed by atoms with Gasteiger partial charge in [0.05, 0.1) is 44.1 Å². The van der Waals surface area contributed by atoms with Crippen LogP contribution in [0.2, 0.25) is 0 Å². The maximum absolute atomic E-state index is 11.8. The molecule has 0 aromatic carbocycles. The van der Waals surface area contributed by atoms with E-state index in [1.165, 1.54) is 0 Å². The Kier molecular flexibility index (Phi) is 6.21. The first-order valence-corrected chi connectivity index (χ1v) is 9.07. The molecule has 0 unspecified atom stereocenters. The summed E-state index contributed by atoms with van der Waals surface area (Å²) in [6.07, 6.45) is 9.01. The summed E-state index contributed by atoms with van der Waals surface area (Å²) >= 11 is 0. The molecule has 0 saturated heterocycles. The van der Waals surface area contributed by atoms with Crippen molar-refractivity contribution in [3.05, 3.63) is 54.2 Å². The topological polar surface area (TPSA) is 99.1 Å². The van der Waals surface area contributed by atoms with Gasteiger partial charge in [0.25, 0.3) is 0 Å². The first kappa shape index (κ1) is 19.3. The van der Waals surface area contributed by atoms with Crippen molar-refractivity contribution in [1.29, 1.82) is 0 Å². The molecule has 0 radical (unpaired) electrons. The number of carbonyl (C=O) groups excluding carboxylic acids is 2. The first-order valence-electron chi connectivity index (χ1n) is 9.07. The summed E-state index contributed by atoms with van der Waals surface area (Å²) in [7, 11) is 0. The van der Waals surface area contributed by atoms with Crippen LogP contribution in [0.4, 0.5) is 0 Å². The van der Waals surface area contributed by atoms with Crippen molar-refractivity contribution in [1.82, 2.24) is 19.5 Å². The van der Waals surface area contributed by atoms with Crippen LogP contribution in [0.3, 0.4) is 0 Å². The predicted octanol–water partition coefficient (Wildman–Crippen LogP) is 2.47. The van der Waals surface area contributed by atoms with Crippen LogP contribution in [0.25, 0.3) is 17.2 Å². The highest BCUT2D eigenvalue weighted by atomic mass is 16.5. The first-order chi connectivity index (χ1) is 13.6. The van der Waals surface area contributed by atoms with E-state index in [0.717, 1.165) is 16.8 Å². The number of ether oxygens (including phenoxy) is 2. The minimum Gasteiger partial charge on any atom is -0.466 e. The summed E-state index contributed by atoms with van der Waals surface area (Å²) in [4.78, 5) is 35.4. The lowest BCUT2D eigenvalue weighted by atomic mass is 10.1. The molecule has 0 spiro atoms. The number of carbonyl (C=O) groups is 2. The van der Waals surface area contributed by atoms with Gasteiger partial charge in [-0.25, -0.2) is 4.98 Å². The molecule has 1 N–H and O–H groups in total. The van der Waals surface area contributed by atoms with Gasteiger partial charge in [-0.2, -0.15) is 0 Å². The van der Waals surface area contributed by atoms with Crippen LogP contribution in [-0.2, 0) is 31.9 Å². The van der Waals surface area contributed by atoms with Gasteiger partial charge in [0.15, 0.2) is 5.82 Å². The fourth-order valence-corrected chi connectivity index (χ4v) is 2.82. The zero-order valence-electron chi connectivity index (χ0n) is 15.8. The zero-order chi connectivity index (χ0) is 19.9. The summed E-state index contributed by atoms with van der Waals surface area (Å²) in [5.41, 5.74) is 2.96. The van der Waals surface area contributed by atoms with E-state index in [-0.39, 0.29) is 24.8 Å². The van der Waals surface area contributed by atoms with Crippen LogP contribution in [0.1, 0.15) is 25.0 Å². The molecule has 0 aliphatic heterocycles. The van der Waals surface area contributed by atoms with E-state index in [1.807, 2.05) is 24.5 Å². The predicted molar refractivity (Wildman–Crippen MR) is 102 cm³/mol. The lowest BCUT2D eigenvalue weighted by Crippen LogP contribution is -2.08. The van der Waals surface area contributed by atoms with E-state index in [4.69, 9.17) is 9.47 Å². The quantitative estimate of drug-likeness (QED) is 0.601. The minimum atomic E-state index is -0.290. The van der Waals surface area contributed by atoms with Crippen LogP contribution in [0.15, 0.2) is 43.1 Å². The molecular weight excluding hydrogens is 360 g/mol. The summed E-state index contributed by atoms with van der Waals surface area (Å²) in [5.74, 6) is 0.0425. The molecule has 146 valence electrons. The maximum atomic E-state index is 11.8. The molecule has 0 aliphatic rings. The molecule has 0 saturated carbocycles. The molecule has 0 amide bonds. The molecule has 8 heteroatoms. The lowest BCUT2D eigenvalue weighted by Gasteiger charge is -2.06. The molecule has 3 aromatic rings. The number of nitrogens with zero attached hydrogens (tertiary/aromatic N) is 3. The molecule has 0 fully saturated rings. The molecule has 0 aliphatic carbocycles. The van der Waals surface area contributed by atoms with Gasteiger partial charge in [0, 0.05) is 18.6 Å². The lowest BCUT2D eigenvalue weighted by molar-refractivity contribution is -0.143. The highest BCUT2D eigenvalue weighted by Crippen LogP contribution is 2.21. The van der Waals surface area contributed by atoms with Crippen LogP contribution < -0.4 is 0 Å². The Bertz CT molecular complexity index is 961. The van der Waals surface area contributed by atoms with Crippen molar-refractivity contribution < 1.29 is 19.1 Å². The smallest absolute Gasteiger partial charge is 0.310 e. The number of hydrogen-bond acceptors (Lipinski definition) is 6. The second-order valence-electron chi connectivity index (χ2n) is 6.03. The fraction of sp³-hybridized carbons (Fsp3) is 0.300. The normalized spacial score (nSPS) is 10.6. The second kappa shape index (κ2) is 8.98. The van der Waals surface area contributed by atoms with E-state index in [9.17, 15) is 9.59 Å². The number of aromatic amines is 1. The van der Waals surface area contributed by atoms with Crippen molar-refractivity contribution in [2.24, 2.45) is 0 Å². The minimum absolute atomic E-state index is 0.159. The second-order valence-corrected chi connectivity index (χ2v) is 6.03. The molecule has 3 heterocycles. The molecule has 3 rings (SSSR count). The molecule has 8 nitrogen and oxygen atoms in total. The molecular formula is C20H22N4O4. The molecule has 28 heavy (non-hydrogen) atoms. The molecule has 0 bridgehead atoms. The average Bonchev–Trinajstić information content (AvgIpc) is 3.32. The Morgan fingerprint density at radius 1 is 1.07 bits per heavy atom. The van der Waals surface area contributed by atoms with Crippen LogP contribution in [-0.4, -0.2) is 44.7 Å². The third-order valence-corrected chi connectivity index (χ3v) is 4.02. The number of esters is 2. The van der Waals surface area contributed by atoms with Crippen molar-refractivity contribution in [3.8, 4) is 17.2 Å². The monoisotopic (exact) mass is 382 g/mol. The standard InChI is InChI=1S/C20H22N4O4/c1-3-27-18(25)9-14-6-8-24(13-14)17-12-21-11-16(23-17)20-15(5-7-22-20)10-19(26)28-4-2/h5-8,11-13,22H,3-4,9-10H2,1-2H3. The summed E-state index contributed by atoms with van der Waals surface area (Å²) < 4.78 is 11.8. The number of hydrogen-bond donors (Lipinski definition) is 1. The Morgan fingerprint density at radius 2 is 1.82 bits per heavy atom. The Hall–Kier alpha value is -3.42. The SMILES string of the molecule is CCOC(=O)Cc1ccn(-c2cncc(-c3[nH]ccc3CC(=O)OCC)n2)c1. The van der Waals surface area contributed by atoms with Gasteiger partial charge in [-0.05, 0) is 37.1 Å². The van der Waals surface area contributed by atoms with Gasteiger partial charge in [0.1, 0.15) is 5.69 Å². The third-order valence-electron chi connectivity index (χ3n) is 4.02. The average molecular weight is 382 g/mol. The van der Waals surface area contributed by atoms with Crippen LogP contribution >= 0.6 is 0 Å². The third kappa shape index (κ3) is 4.64. The summed E-state index contributed by atoms with van der Waals surface area (Å²) in [5, 5.41) is 0. The number of rotatable bonds is 8. The van der Waals surface area contributed by atoms with E-state index in [0.29, 0.717) is 24.7 Å². The number of aromatic nitrogens is 4. The summed E-state index contributed by atoms with van der Waals surface area (Å²) in [6.45, 7) is 4.26. The maximum Gasteiger partial charge on any atom is 0.310 e. The van der Waals surface area contributed by atoms with Gasteiger partial charge >= 0.3 is 11.9 Å². The largest absolute Gasteiger partial charge is 0.466 e. The van der Waals surface area contributed by atoms with E-state index < -0.39 is 0 Å². The van der Waals surface area contributed by atoms with Gasteiger partial charge in [-0.15, -0.1) is 0 Å². The highest BCUT2D eigenvalue weighted by Gasteiger charge is 2.14. The van der Waals surface area contributed by atoms with E-state index in [2.05, 4.69) is 15.0 Å². The molecule has 3 aromatic heterocycles. The summed E-state index contributed by atoms with van der Waals surface area (Å²) in [6, 6.07) is 3.67. The van der Waals surface area contributed by atoms with Gasteiger partial charge < -0.3 is 19.0 Å². The Labute approximate surface area is 162 Å². The Morgan fingerprint density at radius 3 is 2.57 bits per heavy atom. The number of H-pyrrole nitrogens is 1. The Balaban J connectivity index is 1.80. The van der Waals surface area contributed by atoms with Gasteiger partial charge in [-0.3, -0.25) is 14.6 Å². The van der Waals surface area contributed by atoms with Crippen molar-refractivity contribution in [2.75, 3.05) is 13.2 Å². The van der Waals surface area contributed by atoms with Crippen LogP contribution in [0.5, 0.6) is 0 Å².